The molecule has 1 fully saturated rings. The first-order valence-electron chi connectivity index (χ1n) is 5.60. The van der Waals surface area contributed by atoms with Gasteiger partial charge in [-0.1, -0.05) is 0 Å². The Bertz CT molecular complexity index is 349. The third-order valence-electron chi connectivity index (χ3n) is 2.64. The molecule has 0 saturated carbocycles. The zero-order valence-corrected chi connectivity index (χ0v) is 10.9. The van der Waals surface area contributed by atoms with Crippen LogP contribution < -0.4 is 20.7 Å². The van der Waals surface area contributed by atoms with E-state index >= 15 is 0 Å². The van der Waals surface area contributed by atoms with Crippen LogP contribution in [0.3, 0.4) is 0 Å². The summed E-state index contributed by atoms with van der Waals surface area (Å²) in [6.45, 7) is 3.44. The zero-order valence-electron chi connectivity index (χ0n) is 10.1. The van der Waals surface area contributed by atoms with Crippen molar-refractivity contribution in [1.82, 2.24) is 20.7 Å². The smallest absolute Gasteiger partial charge is 0.238 e. The van der Waals surface area contributed by atoms with Crippen molar-refractivity contribution in [3.63, 3.8) is 0 Å². The van der Waals surface area contributed by atoms with Gasteiger partial charge in [0.2, 0.25) is 15.9 Å². The number of nitrogens with one attached hydrogen (secondary N) is 4. The molecule has 1 heterocycles. The van der Waals surface area contributed by atoms with Gasteiger partial charge in [-0.25, -0.2) is 13.1 Å². The van der Waals surface area contributed by atoms with Crippen molar-refractivity contribution in [2.45, 2.75) is 19.0 Å². The van der Waals surface area contributed by atoms with Gasteiger partial charge < -0.3 is 16.0 Å². The molecule has 1 rings (SSSR count). The number of amides is 1. The third-order valence-corrected chi connectivity index (χ3v) is 4.00. The molecule has 0 aromatic carbocycles. The van der Waals surface area contributed by atoms with E-state index in [2.05, 4.69) is 20.7 Å². The lowest BCUT2D eigenvalue weighted by atomic mass is 10.1. The molecule has 2 unspecified atom stereocenters. The van der Waals surface area contributed by atoms with E-state index in [9.17, 15) is 13.2 Å². The summed E-state index contributed by atoms with van der Waals surface area (Å²) in [5.41, 5.74) is 0. The van der Waals surface area contributed by atoms with Gasteiger partial charge in [0, 0.05) is 25.7 Å². The van der Waals surface area contributed by atoms with Gasteiger partial charge in [0.15, 0.2) is 0 Å². The molecule has 1 aliphatic rings. The number of piperazine rings is 1. The summed E-state index contributed by atoms with van der Waals surface area (Å²) in [6.07, 6.45) is 0. The van der Waals surface area contributed by atoms with Gasteiger partial charge in [-0.15, -0.1) is 0 Å². The van der Waals surface area contributed by atoms with E-state index < -0.39 is 10.0 Å². The van der Waals surface area contributed by atoms with Gasteiger partial charge in [-0.3, -0.25) is 4.79 Å². The molecule has 0 aromatic heterocycles. The van der Waals surface area contributed by atoms with Crippen LogP contribution in [-0.2, 0) is 14.8 Å². The average Bonchev–Trinajstić information content (AvgIpc) is 2.29. The van der Waals surface area contributed by atoms with Crippen LogP contribution in [0.5, 0.6) is 0 Å². The van der Waals surface area contributed by atoms with Crippen molar-refractivity contribution < 1.29 is 13.2 Å². The second-order valence-electron chi connectivity index (χ2n) is 4.08. The maximum atomic E-state index is 11.7. The average molecular weight is 264 g/mol. The monoisotopic (exact) mass is 264 g/mol. The number of hydrogen-bond acceptors (Lipinski definition) is 5. The summed E-state index contributed by atoms with van der Waals surface area (Å²) in [6, 6.07) is 0.0622. The summed E-state index contributed by atoms with van der Waals surface area (Å²) < 4.78 is 24.4. The lowest BCUT2D eigenvalue weighted by Crippen LogP contribution is -2.59. The van der Waals surface area contributed by atoms with E-state index in [-0.39, 0.29) is 24.2 Å². The summed E-state index contributed by atoms with van der Waals surface area (Å²) in [7, 11) is -1.90. The Balaban J connectivity index is 2.26. The third kappa shape index (κ3) is 4.99. The Morgan fingerprint density at radius 1 is 1.35 bits per heavy atom. The van der Waals surface area contributed by atoms with Crippen molar-refractivity contribution in [3.05, 3.63) is 0 Å². The number of hydrogen-bond donors (Lipinski definition) is 4. The molecule has 0 spiro atoms. The van der Waals surface area contributed by atoms with Crippen LogP contribution in [0, 0.1) is 0 Å². The fraction of sp³-hybridized carbons (Fsp3) is 0.889. The minimum atomic E-state index is -3.26. The maximum Gasteiger partial charge on any atom is 0.238 e. The van der Waals surface area contributed by atoms with Crippen molar-refractivity contribution in [2.75, 3.05) is 32.4 Å². The van der Waals surface area contributed by atoms with E-state index in [0.29, 0.717) is 12.6 Å². The standard InChI is InChI=1S/C9H20N4O3S/c1-7-5-13-8(6-12-7)9(14)11-3-4-17(15,16)10-2/h7-8,10,12-13H,3-6H2,1-2H3,(H,11,14). The largest absolute Gasteiger partial charge is 0.354 e. The Kier molecular flexibility index (Phi) is 5.31. The summed E-state index contributed by atoms with van der Waals surface area (Å²) in [5, 5.41) is 8.86. The molecule has 100 valence electrons. The highest BCUT2D eigenvalue weighted by molar-refractivity contribution is 7.89. The van der Waals surface area contributed by atoms with Gasteiger partial charge in [0.25, 0.3) is 0 Å². The van der Waals surface area contributed by atoms with Gasteiger partial charge >= 0.3 is 0 Å². The van der Waals surface area contributed by atoms with E-state index in [4.69, 9.17) is 0 Å². The fourth-order valence-electron chi connectivity index (χ4n) is 1.50. The lowest BCUT2D eigenvalue weighted by Gasteiger charge is -2.28. The van der Waals surface area contributed by atoms with Crippen LogP contribution >= 0.6 is 0 Å². The van der Waals surface area contributed by atoms with Crippen LogP contribution in [0.2, 0.25) is 0 Å². The van der Waals surface area contributed by atoms with E-state index in [0.717, 1.165) is 6.54 Å². The molecule has 1 saturated heterocycles. The zero-order chi connectivity index (χ0) is 12.9. The number of carbonyl (C=O) groups excluding carboxylic acids is 1. The van der Waals surface area contributed by atoms with E-state index in [1.165, 1.54) is 7.05 Å². The molecule has 17 heavy (non-hydrogen) atoms. The first kappa shape index (κ1) is 14.4. The predicted octanol–water partition coefficient (Wildman–Crippen LogP) is -2.40. The van der Waals surface area contributed by atoms with Gasteiger partial charge in [-0.2, -0.15) is 0 Å². The van der Waals surface area contributed by atoms with Crippen LogP contribution in [-0.4, -0.2) is 58.8 Å². The molecule has 0 radical (unpaired) electrons. The molecule has 8 heteroatoms. The SMILES string of the molecule is CNS(=O)(=O)CCNC(=O)C1CNC(C)CN1. The Hall–Kier alpha value is -0.700. The summed E-state index contributed by atoms with van der Waals surface area (Å²) in [5.74, 6) is -0.276. The molecule has 4 N–H and O–H groups in total. The highest BCUT2D eigenvalue weighted by Crippen LogP contribution is 1.93. The molecular weight excluding hydrogens is 244 g/mol. The van der Waals surface area contributed by atoms with Gasteiger partial charge in [0.1, 0.15) is 0 Å². The topological polar surface area (TPSA) is 99.3 Å². The van der Waals surface area contributed by atoms with Crippen molar-refractivity contribution >= 4 is 15.9 Å². The Morgan fingerprint density at radius 3 is 2.59 bits per heavy atom. The van der Waals surface area contributed by atoms with E-state index in [1.54, 1.807) is 0 Å². The lowest BCUT2D eigenvalue weighted by molar-refractivity contribution is -0.123. The van der Waals surface area contributed by atoms with Crippen LogP contribution in [0.1, 0.15) is 6.92 Å². The van der Waals surface area contributed by atoms with Crippen molar-refractivity contribution in [3.8, 4) is 0 Å². The van der Waals surface area contributed by atoms with Crippen molar-refractivity contribution in [1.29, 1.82) is 0 Å². The summed E-state index contributed by atoms with van der Waals surface area (Å²) in [4.78, 5) is 11.7. The molecule has 0 aromatic rings. The highest BCUT2D eigenvalue weighted by Gasteiger charge is 2.23. The molecule has 7 nitrogen and oxygen atoms in total. The molecule has 2 atom stereocenters. The normalized spacial score (nSPS) is 25.5. The van der Waals surface area contributed by atoms with Crippen molar-refractivity contribution in [2.24, 2.45) is 0 Å². The second-order valence-corrected chi connectivity index (χ2v) is 6.13. The van der Waals surface area contributed by atoms with Crippen LogP contribution in [0.4, 0.5) is 0 Å². The first-order chi connectivity index (χ1) is 7.94. The highest BCUT2D eigenvalue weighted by atomic mass is 32.2. The molecular formula is C9H20N4O3S. The minimum absolute atomic E-state index is 0.105. The summed E-state index contributed by atoms with van der Waals surface area (Å²) >= 11 is 0. The quantitative estimate of drug-likeness (QED) is 0.444. The Morgan fingerprint density at radius 2 is 2.06 bits per heavy atom. The Labute approximate surface area is 102 Å². The molecule has 0 bridgehead atoms. The molecule has 0 aliphatic carbocycles. The van der Waals surface area contributed by atoms with Gasteiger partial charge in [-0.05, 0) is 14.0 Å². The first-order valence-corrected chi connectivity index (χ1v) is 7.25. The number of sulfonamides is 1. The number of carbonyl (C=O) groups is 1. The van der Waals surface area contributed by atoms with E-state index in [1.807, 2.05) is 6.92 Å². The second kappa shape index (κ2) is 6.29. The number of rotatable bonds is 5. The molecule has 1 aliphatic heterocycles. The maximum absolute atomic E-state index is 11.7. The predicted molar refractivity (Wildman–Crippen MR) is 65.1 cm³/mol. The van der Waals surface area contributed by atoms with Crippen LogP contribution in [0.25, 0.3) is 0 Å². The fourth-order valence-corrected chi connectivity index (χ4v) is 2.08. The van der Waals surface area contributed by atoms with Gasteiger partial charge in [0.05, 0.1) is 11.8 Å². The van der Waals surface area contributed by atoms with Crippen LogP contribution in [0.15, 0.2) is 0 Å². The molecule has 1 amide bonds. The minimum Gasteiger partial charge on any atom is -0.354 e.